The number of rotatable bonds is 3. The van der Waals surface area contributed by atoms with Crippen LogP contribution in [0.5, 0.6) is 0 Å². The molecule has 0 unspecified atom stereocenters. The second-order valence-electron chi connectivity index (χ2n) is 5.11. The number of nitrogens with one attached hydrogen (secondary N) is 1. The summed E-state index contributed by atoms with van der Waals surface area (Å²) in [5, 5.41) is 12.7. The van der Waals surface area contributed by atoms with Crippen molar-refractivity contribution >= 4 is 40.9 Å². The lowest BCUT2D eigenvalue weighted by Crippen LogP contribution is -2.13. The van der Waals surface area contributed by atoms with Gasteiger partial charge in [0.25, 0.3) is 5.91 Å². The van der Waals surface area contributed by atoms with Crippen molar-refractivity contribution in [2.75, 3.05) is 5.32 Å². The average molecular weight is 345 g/mol. The van der Waals surface area contributed by atoms with E-state index in [9.17, 15) is 10.1 Å². The number of benzene rings is 2. The number of hydrogen-bond acceptors (Lipinski definition) is 2. The molecule has 1 amide bonds. The van der Waals surface area contributed by atoms with Crippen LogP contribution in [0.1, 0.15) is 16.7 Å². The molecule has 0 aliphatic rings. The summed E-state index contributed by atoms with van der Waals surface area (Å²) in [6.45, 7) is 3.92. The Labute approximate surface area is 145 Å². The zero-order valence-electron chi connectivity index (χ0n) is 12.7. The van der Waals surface area contributed by atoms with Gasteiger partial charge < -0.3 is 5.32 Å². The van der Waals surface area contributed by atoms with Crippen molar-refractivity contribution in [3.63, 3.8) is 0 Å². The van der Waals surface area contributed by atoms with Crippen LogP contribution in [0.15, 0.2) is 42.0 Å². The van der Waals surface area contributed by atoms with Gasteiger partial charge in [-0.25, -0.2) is 0 Å². The predicted molar refractivity (Wildman–Crippen MR) is 94.6 cm³/mol. The topological polar surface area (TPSA) is 52.9 Å². The molecule has 0 heterocycles. The molecule has 0 saturated carbocycles. The van der Waals surface area contributed by atoms with Crippen LogP contribution >= 0.6 is 23.2 Å². The Balaban J connectivity index is 2.28. The number of aryl methyl sites for hydroxylation is 2. The summed E-state index contributed by atoms with van der Waals surface area (Å²) in [5.41, 5.74) is 3.35. The quantitative estimate of drug-likeness (QED) is 0.617. The molecule has 0 radical (unpaired) electrons. The van der Waals surface area contributed by atoms with Gasteiger partial charge in [-0.1, -0.05) is 47.0 Å². The van der Waals surface area contributed by atoms with Crippen molar-refractivity contribution in [3.8, 4) is 6.07 Å². The van der Waals surface area contributed by atoms with Gasteiger partial charge in [-0.15, -0.1) is 0 Å². The molecule has 23 heavy (non-hydrogen) atoms. The fourth-order valence-electron chi connectivity index (χ4n) is 2.07. The maximum absolute atomic E-state index is 12.3. The molecule has 0 atom stereocenters. The average Bonchev–Trinajstić information content (AvgIpc) is 2.49. The smallest absolute Gasteiger partial charge is 0.266 e. The molecule has 0 fully saturated rings. The maximum Gasteiger partial charge on any atom is 0.266 e. The van der Waals surface area contributed by atoms with Gasteiger partial charge in [0.05, 0.1) is 10.7 Å². The van der Waals surface area contributed by atoms with Gasteiger partial charge in [-0.05, 0) is 49.2 Å². The van der Waals surface area contributed by atoms with Gasteiger partial charge in [0.15, 0.2) is 0 Å². The third-order valence-corrected chi connectivity index (χ3v) is 3.82. The summed E-state index contributed by atoms with van der Waals surface area (Å²) in [5.74, 6) is -0.517. The van der Waals surface area contributed by atoms with Gasteiger partial charge in [-0.3, -0.25) is 4.79 Å². The molecule has 3 nitrogen and oxygen atoms in total. The molecular formula is C18H14Cl2N2O. The van der Waals surface area contributed by atoms with E-state index in [4.69, 9.17) is 23.2 Å². The summed E-state index contributed by atoms with van der Waals surface area (Å²) in [7, 11) is 0. The molecule has 0 bridgehead atoms. The van der Waals surface area contributed by atoms with E-state index in [-0.39, 0.29) is 5.57 Å². The Morgan fingerprint density at radius 3 is 2.52 bits per heavy atom. The van der Waals surface area contributed by atoms with Crippen LogP contribution in [0, 0.1) is 25.2 Å². The monoisotopic (exact) mass is 344 g/mol. The van der Waals surface area contributed by atoms with Crippen LogP contribution in [0.25, 0.3) is 6.08 Å². The van der Waals surface area contributed by atoms with Crippen molar-refractivity contribution in [2.45, 2.75) is 13.8 Å². The number of halogens is 2. The molecule has 0 aliphatic carbocycles. The van der Waals surface area contributed by atoms with Gasteiger partial charge in [0, 0.05) is 5.02 Å². The van der Waals surface area contributed by atoms with E-state index in [1.165, 1.54) is 6.07 Å². The molecule has 0 aliphatic heterocycles. The van der Waals surface area contributed by atoms with Crippen molar-refractivity contribution < 1.29 is 4.79 Å². The van der Waals surface area contributed by atoms with Crippen molar-refractivity contribution in [1.82, 2.24) is 0 Å². The van der Waals surface area contributed by atoms with Crippen LogP contribution in [0.3, 0.4) is 0 Å². The van der Waals surface area contributed by atoms with Crippen LogP contribution in [0.4, 0.5) is 5.69 Å². The summed E-state index contributed by atoms with van der Waals surface area (Å²) in [6.07, 6.45) is 1.56. The molecule has 0 spiro atoms. The Hall–Kier alpha value is -2.28. The SMILES string of the molecule is Cc1ccc(/C=C(\C#N)C(=O)Nc2ccc(Cl)cc2Cl)c(C)c1. The van der Waals surface area contributed by atoms with E-state index in [0.717, 1.165) is 16.7 Å². The third kappa shape index (κ3) is 4.35. The highest BCUT2D eigenvalue weighted by Crippen LogP contribution is 2.26. The number of carbonyl (C=O) groups excluding carboxylic acids is 1. The molecule has 2 aromatic carbocycles. The molecule has 0 aromatic heterocycles. The van der Waals surface area contributed by atoms with E-state index >= 15 is 0 Å². The van der Waals surface area contributed by atoms with E-state index in [0.29, 0.717) is 15.7 Å². The fourth-order valence-corrected chi connectivity index (χ4v) is 2.53. The number of amides is 1. The van der Waals surface area contributed by atoms with Crippen LogP contribution in [-0.4, -0.2) is 5.91 Å². The van der Waals surface area contributed by atoms with Gasteiger partial charge in [0.2, 0.25) is 0 Å². The third-order valence-electron chi connectivity index (χ3n) is 3.27. The predicted octanol–water partition coefficient (Wildman–Crippen LogP) is 5.16. The highest BCUT2D eigenvalue weighted by Gasteiger charge is 2.12. The van der Waals surface area contributed by atoms with E-state index in [1.807, 2.05) is 38.1 Å². The molecule has 116 valence electrons. The summed E-state index contributed by atoms with van der Waals surface area (Å²) in [6, 6.07) is 12.5. The number of nitriles is 1. The standard InChI is InChI=1S/C18H14Cl2N2O/c1-11-3-4-13(12(2)7-11)8-14(10-21)18(23)22-17-6-5-15(19)9-16(17)20/h3-9H,1-2H3,(H,22,23)/b14-8+. The van der Waals surface area contributed by atoms with Crippen LogP contribution < -0.4 is 5.32 Å². The first-order chi connectivity index (χ1) is 10.9. The van der Waals surface area contributed by atoms with E-state index < -0.39 is 5.91 Å². The first-order valence-corrected chi connectivity index (χ1v) is 7.62. The van der Waals surface area contributed by atoms with Gasteiger partial charge in [-0.2, -0.15) is 5.26 Å². The maximum atomic E-state index is 12.3. The number of carbonyl (C=O) groups is 1. The minimum atomic E-state index is -0.517. The number of hydrogen-bond donors (Lipinski definition) is 1. The first kappa shape index (κ1) is 17.1. The Kier molecular flexibility index (Phi) is 5.44. The number of nitrogens with zero attached hydrogens (tertiary/aromatic N) is 1. The van der Waals surface area contributed by atoms with Crippen LogP contribution in [0.2, 0.25) is 10.0 Å². The molecule has 1 N–H and O–H groups in total. The highest BCUT2D eigenvalue weighted by molar-refractivity contribution is 6.36. The van der Waals surface area contributed by atoms with E-state index in [2.05, 4.69) is 5.32 Å². The highest BCUT2D eigenvalue weighted by atomic mass is 35.5. The zero-order valence-corrected chi connectivity index (χ0v) is 14.2. The van der Waals surface area contributed by atoms with Gasteiger partial charge in [0.1, 0.15) is 11.6 Å². The largest absolute Gasteiger partial charge is 0.320 e. The lowest BCUT2D eigenvalue weighted by molar-refractivity contribution is -0.112. The molecule has 2 aromatic rings. The minimum Gasteiger partial charge on any atom is -0.320 e. The molecule has 2 rings (SSSR count). The van der Waals surface area contributed by atoms with Crippen molar-refractivity contribution in [3.05, 3.63) is 68.7 Å². The Bertz CT molecular complexity index is 835. The minimum absolute atomic E-state index is 0.00275. The Morgan fingerprint density at radius 2 is 1.91 bits per heavy atom. The van der Waals surface area contributed by atoms with Crippen molar-refractivity contribution in [2.24, 2.45) is 0 Å². The Morgan fingerprint density at radius 1 is 1.17 bits per heavy atom. The van der Waals surface area contributed by atoms with E-state index in [1.54, 1.807) is 18.2 Å². The lowest BCUT2D eigenvalue weighted by Gasteiger charge is -2.07. The van der Waals surface area contributed by atoms with Crippen molar-refractivity contribution in [1.29, 1.82) is 5.26 Å². The molecule has 5 heteroatoms. The zero-order chi connectivity index (χ0) is 17.0. The fraction of sp³-hybridized carbons (Fsp3) is 0.111. The first-order valence-electron chi connectivity index (χ1n) is 6.86. The summed E-state index contributed by atoms with van der Waals surface area (Å²) in [4.78, 5) is 12.3. The summed E-state index contributed by atoms with van der Waals surface area (Å²) >= 11 is 11.8. The number of anilines is 1. The summed E-state index contributed by atoms with van der Waals surface area (Å²) < 4.78 is 0. The molecular weight excluding hydrogens is 331 g/mol. The second-order valence-corrected chi connectivity index (χ2v) is 5.95. The molecule has 0 saturated heterocycles. The van der Waals surface area contributed by atoms with Gasteiger partial charge >= 0.3 is 0 Å². The second kappa shape index (κ2) is 7.32. The van der Waals surface area contributed by atoms with Crippen LogP contribution in [-0.2, 0) is 4.79 Å². The normalized spacial score (nSPS) is 11.0. The lowest BCUT2D eigenvalue weighted by atomic mass is 10.0.